The highest BCUT2D eigenvalue weighted by Gasteiger charge is 2.13. The van der Waals surface area contributed by atoms with E-state index in [2.05, 4.69) is 76.0 Å². The number of nitrogens with one attached hydrogen (secondary N) is 1. The van der Waals surface area contributed by atoms with E-state index in [0.29, 0.717) is 0 Å². The maximum Gasteiger partial charge on any atom is 0.129 e. The smallest absolute Gasteiger partial charge is 0.129 e. The number of ether oxygens (including phenoxy) is 1. The SMILES string of the molecule is COc1ccc(Br)cc1-c1nc(CN[C@H](C)c2cccc3ccccc23)cs1. The Labute approximate surface area is 177 Å². The van der Waals surface area contributed by atoms with Gasteiger partial charge >= 0.3 is 0 Å². The van der Waals surface area contributed by atoms with Gasteiger partial charge in [0.25, 0.3) is 0 Å². The van der Waals surface area contributed by atoms with Crippen LogP contribution < -0.4 is 10.1 Å². The standard InChI is InChI=1S/C23H21BrN2OS/c1-15(19-9-5-7-16-6-3-4-8-20(16)19)25-13-18-14-28-23(26-18)21-12-17(24)10-11-22(21)27-2/h3-12,14-15,25H,13H2,1-2H3/t15-/m1/s1. The third-order valence-electron chi connectivity index (χ3n) is 4.82. The van der Waals surface area contributed by atoms with Crippen molar-refractivity contribution in [1.29, 1.82) is 0 Å². The highest BCUT2D eigenvalue weighted by molar-refractivity contribution is 9.10. The van der Waals surface area contributed by atoms with Crippen LogP contribution in [-0.2, 0) is 6.54 Å². The summed E-state index contributed by atoms with van der Waals surface area (Å²) < 4.78 is 6.51. The molecule has 0 aliphatic heterocycles. The number of aromatic nitrogens is 1. The summed E-state index contributed by atoms with van der Waals surface area (Å²) in [5.41, 5.74) is 3.35. The zero-order valence-electron chi connectivity index (χ0n) is 15.8. The maximum absolute atomic E-state index is 5.49. The first-order valence-electron chi connectivity index (χ1n) is 9.15. The van der Waals surface area contributed by atoms with Gasteiger partial charge in [0.1, 0.15) is 10.8 Å². The number of methoxy groups -OCH3 is 1. The molecule has 5 heteroatoms. The van der Waals surface area contributed by atoms with Crippen LogP contribution in [0.5, 0.6) is 5.75 Å². The van der Waals surface area contributed by atoms with Crippen molar-refractivity contribution in [3.63, 3.8) is 0 Å². The lowest BCUT2D eigenvalue weighted by Crippen LogP contribution is -2.18. The van der Waals surface area contributed by atoms with E-state index in [-0.39, 0.29) is 6.04 Å². The minimum Gasteiger partial charge on any atom is -0.496 e. The van der Waals surface area contributed by atoms with Gasteiger partial charge in [0.2, 0.25) is 0 Å². The molecule has 0 saturated heterocycles. The molecular weight excluding hydrogens is 432 g/mol. The first kappa shape index (κ1) is 19.1. The normalized spacial score (nSPS) is 12.2. The van der Waals surface area contributed by atoms with Gasteiger partial charge in [-0.2, -0.15) is 0 Å². The van der Waals surface area contributed by atoms with Crippen LogP contribution in [0.1, 0.15) is 24.2 Å². The lowest BCUT2D eigenvalue weighted by atomic mass is 10.00. The molecule has 0 saturated carbocycles. The van der Waals surface area contributed by atoms with Gasteiger partial charge in [0, 0.05) is 22.4 Å². The third-order valence-corrected chi connectivity index (χ3v) is 6.24. The summed E-state index contributed by atoms with van der Waals surface area (Å²) in [5, 5.41) is 9.25. The Morgan fingerprint density at radius 1 is 1.11 bits per heavy atom. The first-order chi connectivity index (χ1) is 13.7. The zero-order chi connectivity index (χ0) is 19.5. The molecule has 1 atom stereocenters. The summed E-state index contributed by atoms with van der Waals surface area (Å²) in [4.78, 5) is 4.81. The minimum absolute atomic E-state index is 0.233. The fraction of sp³-hybridized carbons (Fsp3) is 0.174. The van der Waals surface area contributed by atoms with E-state index in [0.717, 1.165) is 33.0 Å². The Kier molecular flexibility index (Phi) is 5.76. The molecule has 0 bridgehead atoms. The summed E-state index contributed by atoms with van der Waals surface area (Å²) in [7, 11) is 1.69. The number of rotatable bonds is 6. The van der Waals surface area contributed by atoms with Gasteiger partial charge in [-0.1, -0.05) is 58.4 Å². The molecule has 142 valence electrons. The van der Waals surface area contributed by atoms with Crippen LogP contribution in [0.25, 0.3) is 21.3 Å². The Bertz CT molecular complexity index is 1100. The zero-order valence-corrected chi connectivity index (χ0v) is 18.2. The van der Waals surface area contributed by atoms with Crippen molar-refractivity contribution < 1.29 is 4.74 Å². The molecule has 3 nitrogen and oxygen atoms in total. The van der Waals surface area contributed by atoms with E-state index in [1.807, 2.05) is 18.2 Å². The second-order valence-corrected chi connectivity index (χ2v) is 8.43. The van der Waals surface area contributed by atoms with E-state index in [4.69, 9.17) is 9.72 Å². The molecule has 0 spiro atoms. The highest BCUT2D eigenvalue weighted by Crippen LogP contribution is 2.34. The molecule has 0 fully saturated rings. The molecule has 4 aromatic rings. The molecule has 1 aromatic heterocycles. The van der Waals surface area contributed by atoms with Crippen LogP contribution in [-0.4, -0.2) is 12.1 Å². The van der Waals surface area contributed by atoms with Gasteiger partial charge in [-0.25, -0.2) is 4.98 Å². The first-order valence-corrected chi connectivity index (χ1v) is 10.8. The van der Waals surface area contributed by atoms with Crippen LogP contribution in [0, 0.1) is 0 Å². The summed E-state index contributed by atoms with van der Waals surface area (Å²) >= 11 is 5.17. The largest absolute Gasteiger partial charge is 0.496 e. The summed E-state index contributed by atoms with van der Waals surface area (Å²) in [5.74, 6) is 0.834. The second-order valence-electron chi connectivity index (χ2n) is 6.66. The van der Waals surface area contributed by atoms with Crippen molar-refractivity contribution in [3.05, 3.63) is 81.8 Å². The minimum atomic E-state index is 0.233. The van der Waals surface area contributed by atoms with Crippen molar-refractivity contribution >= 4 is 38.0 Å². The number of hydrogen-bond donors (Lipinski definition) is 1. The van der Waals surface area contributed by atoms with Crippen LogP contribution >= 0.6 is 27.3 Å². The van der Waals surface area contributed by atoms with Gasteiger partial charge in [-0.05, 0) is 41.5 Å². The average Bonchev–Trinajstić information content (AvgIpc) is 3.20. The monoisotopic (exact) mass is 452 g/mol. The molecule has 28 heavy (non-hydrogen) atoms. The van der Waals surface area contributed by atoms with Crippen molar-refractivity contribution in [2.24, 2.45) is 0 Å². The van der Waals surface area contributed by atoms with Crippen LogP contribution in [0.4, 0.5) is 0 Å². The quantitative estimate of drug-likeness (QED) is 0.358. The van der Waals surface area contributed by atoms with E-state index in [1.54, 1.807) is 18.4 Å². The molecule has 1 N–H and O–H groups in total. The molecule has 0 radical (unpaired) electrons. The highest BCUT2D eigenvalue weighted by atomic mass is 79.9. The predicted molar refractivity (Wildman–Crippen MR) is 121 cm³/mol. The van der Waals surface area contributed by atoms with Gasteiger partial charge in [-0.3, -0.25) is 0 Å². The molecule has 1 heterocycles. The van der Waals surface area contributed by atoms with Crippen molar-refractivity contribution in [2.75, 3.05) is 7.11 Å². The summed E-state index contributed by atoms with van der Waals surface area (Å²) in [6, 6.07) is 21.2. The van der Waals surface area contributed by atoms with E-state index >= 15 is 0 Å². The predicted octanol–water partition coefficient (Wildman–Crippen LogP) is 6.59. The lowest BCUT2D eigenvalue weighted by Gasteiger charge is -2.16. The second kappa shape index (κ2) is 8.43. The van der Waals surface area contributed by atoms with E-state index in [9.17, 15) is 0 Å². The van der Waals surface area contributed by atoms with Crippen molar-refractivity contribution in [2.45, 2.75) is 19.5 Å². The molecule has 0 aliphatic rings. The number of halogens is 1. The average molecular weight is 453 g/mol. The molecule has 3 aromatic carbocycles. The Morgan fingerprint density at radius 3 is 2.79 bits per heavy atom. The number of thiazole rings is 1. The molecule has 0 amide bonds. The van der Waals surface area contributed by atoms with Crippen molar-refractivity contribution in [3.8, 4) is 16.3 Å². The number of fused-ring (bicyclic) bond motifs is 1. The molecule has 0 unspecified atom stereocenters. The maximum atomic E-state index is 5.49. The van der Waals surface area contributed by atoms with Crippen LogP contribution in [0.15, 0.2) is 70.5 Å². The van der Waals surface area contributed by atoms with Gasteiger partial charge in [0.15, 0.2) is 0 Å². The lowest BCUT2D eigenvalue weighted by molar-refractivity contribution is 0.416. The van der Waals surface area contributed by atoms with E-state index in [1.165, 1.54) is 16.3 Å². The molecule has 0 aliphatic carbocycles. The third kappa shape index (κ3) is 3.97. The Balaban J connectivity index is 1.51. The van der Waals surface area contributed by atoms with E-state index < -0.39 is 0 Å². The Morgan fingerprint density at radius 2 is 1.93 bits per heavy atom. The van der Waals surface area contributed by atoms with Crippen LogP contribution in [0.2, 0.25) is 0 Å². The number of nitrogens with zero attached hydrogens (tertiary/aromatic N) is 1. The fourth-order valence-corrected chi connectivity index (χ4v) is 4.56. The van der Waals surface area contributed by atoms with Gasteiger partial charge in [-0.15, -0.1) is 11.3 Å². The van der Waals surface area contributed by atoms with Gasteiger partial charge in [0.05, 0.1) is 18.4 Å². The number of benzene rings is 3. The topological polar surface area (TPSA) is 34.1 Å². The van der Waals surface area contributed by atoms with Gasteiger partial charge < -0.3 is 10.1 Å². The summed E-state index contributed by atoms with van der Waals surface area (Å²) in [6.07, 6.45) is 0. The Hall–Kier alpha value is -2.21. The fourth-order valence-electron chi connectivity index (χ4n) is 3.35. The van der Waals surface area contributed by atoms with Crippen molar-refractivity contribution in [1.82, 2.24) is 10.3 Å². The molecular formula is C23H21BrN2OS. The summed E-state index contributed by atoms with van der Waals surface area (Å²) in [6.45, 7) is 2.92. The molecule has 4 rings (SSSR count). The van der Waals surface area contributed by atoms with Crippen LogP contribution in [0.3, 0.4) is 0 Å². The number of hydrogen-bond acceptors (Lipinski definition) is 4.